The van der Waals surface area contributed by atoms with Crippen LogP contribution in [0.3, 0.4) is 0 Å². The fourth-order valence-corrected chi connectivity index (χ4v) is 1.20. The molecule has 1 aromatic heterocycles. The van der Waals surface area contributed by atoms with Crippen LogP contribution in [0.1, 0.15) is 18.7 Å². The molecule has 0 bridgehead atoms. The van der Waals surface area contributed by atoms with Crippen molar-refractivity contribution >= 4 is 5.91 Å². The Morgan fingerprint density at radius 3 is 3.00 bits per heavy atom. The summed E-state index contributed by atoms with van der Waals surface area (Å²) in [5.74, 6) is 0.560. The highest BCUT2D eigenvalue weighted by atomic mass is 16.5. The molecular weight excluding hydrogens is 210 g/mol. The Bertz CT molecular complexity index is 297. The molecule has 0 aliphatic heterocycles. The van der Waals surface area contributed by atoms with Gasteiger partial charge in [-0.1, -0.05) is 0 Å². The van der Waals surface area contributed by atoms with Gasteiger partial charge in [0, 0.05) is 7.11 Å². The maximum absolute atomic E-state index is 11.4. The van der Waals surface area contributed by atoms with Crippen molar-refractivity contribution in [3.8, 4) is 0 Å². The molecule has 1 N–H and O–H groups in total. The summed E-state index contributed by atoms with van der Waals surface area (Å²) in [7, 11) is 1.59. The number of amides is 1. The van der Waals surface area contributed by atoms with Gasteiger partial charge < -0.3 is 19.2 Å². The Morgan fingerprint density at radius 1 is 1.56 bits per heavy atom. The first kappa shape index (κ1) is 12.7. The summed E-state index contributed by atoms with van der Waals surface area (Å²) in [4.78, 5) is 11.4. The molecule has 1 amide bonds. The Kier molecular flexibility index (Phi) is 5.60. The van der Waals surface area contributed by atoms with Crippen LogP contribution in [0.4, 0.5) is 0 Å². The van der Waals surface area contributed by atoms with Gasteiger partial charge in [0.15, 0.2) is 0 Å². The molecule has 0 spiro atoms. The number of hydrogen-bond donors (Lipinski definition) is 1. The lowest BCUT2D eigenvalue weighted by Crippen LogP contribution is -2.30. The van der Waals surface area contributed by atoms with Gasteiger partial charge in [0.25, 0.3) is 0 Å². The first-order chi connectivity index (χ1) is 7.74. The number of methoxy groups -OCH3 is 1. The second-order valence-electron chi connectivity index (χ2n) is 3.35. The average Bonchev–Trinajstić information content (AvgIpc) is 2.77. The lowest BCUT2D eigenvalue weighted by Gasteiger charge is -2.11. The molecule has 0 radical (unpaired) electrons. The summed E-state index contributed by atoms with van der Waals surface area (Å²) in [6.45, 7) is 2.79. The zero-order chi connectivity index (χ0) is 11.8. The minimum absolute atomic E-state index is 0.0361. The smallest absolute Gasteiger partial charge is 0.246 e. The standard InChI is InChI=1S/C11H17NO4/c1-9(10-4-3-5-16-10)12-11(13)8-15-7-6-14-2/h3-5,9H,6-8H2,1-2H3,(H,12,13)/t9-/m0/s1. The number of furan rings is 1. The summed E-state index contributed by atoms with van der Waals surface area (Å²) in [6, 6.07) is 3.46. The fourth-order valence-electron chi connectivity index (χ4n) is 1.20. The van der Waals surface area contributed by atoms with E-state index in [1.54, 1.807) is 19.4 Å². The zero-order valence-electron chi connectivity index (χ0n) is 9.56. The van der Waals surface area contributed by atoms with Gasteiger partial charge in [-0.25, -0.2) is 0 Å². The molecule has 1 atom stereocenters. The SMILES string of the molecule is COCCOCC(=O)N[C@@H](C)c1ccco1. The Hall–Kier alpha value is -1.33. The number of hydrogen-bond acceptors (Lipinski definition) is 4. The molecular formula is C11H17NO4. The van der Waals surface area contributed by atoms with E-state index in [9.17, 15) is 4.79 Å². The van der Waals surface area contributed by atoms with E-state index >= 15 is 0 Å². The molecule has 0 unspecified atom stereocenters. The van der Waals surface area contributed by atoms with E-state index in [2.05, 4.69) is 5.32 Å². The first-order valence-electron chi connectivity index (χ1n) is 5.13. The molecule has 16 heavy (non-hydrogen) atoms. The maximum atomic E-state index is 11.4. The van der Waals surface area contributed by atoms with Crippen LogP contribution in [-0.2, 0) is 14.3 Å². The molecule has 90 valence electrons. The monoisotopic (exact) mass is 227 g/mol. The molecule has 0 saturated carbocycles. The van der Waals surface area contributed by atoms with Gasteiger partial charge in [0.2, 0.25) is 5.91 Å². The maximum Gasteiger partial charge on any atom is 0.246 e. The highest BCUT2D eigenvalue weighted by Crippen LogP contribution is 2.11. The molecule has 1 rings (SSSR count). The molecule has 0 saturated heterocycles. The molecule has 0 aromatic carbocycles. The highest BCUT2D eigenvalue weighted by Gasteiger charge is 2.11. The number of carbonyl (C=O) groups is 1. The third-order valence-electron chi connectivity index (χ3n) is 2.01. The predicted molar refractivity (Wildman–Crippen MR) is 58.0 cm³/mol. The van der Waals surface area contributed by atoms with E-state index in [0.717, 1.165) is 5.76 Å². The minimum Gasteiger partial charge on any atom is -0.467 e. The highest BCUT2D eigenvalue weighted by molar-refractivity contribution is 5.77. The summed E-state index contributed by atoms with van der Waals surface area (Å²) >= 11 is 0. The lowest BCUT2D eigenvalue weighted by atomic mass is 10.2. The van der Waals surface area contributed by atoms with Gasteiger partial charge in [-0.2, -0.15) is 0 Å². The second kappa shape index (κ2) is 7.03. The van der Waals surface area contributed by atoms with Gasteiger partial charge >= 0.3 is 0 Å². The van der Waals surface area contributed by atoms with Gasteiger partial charge in [-0.15, -0.1) is 0 Å². The van der Waals surface area contributed by atoms with Crippen LogP contribution in [-0.4, -0.2) is 32.8 Å². The normalized spacial score (nSPS) is 12.4. The summed E-state index contributed by atoms with van der Waals surface area (Å²) in [6.07, 6.45) is 1.58. The molecule has 5 heteroatoms. The third-order valence-corrected chi connectivity index (χ3v) is 2.01. The molecule has 0 aliphatic rings. The van der Waals surface area contributed by atoms with E-state index in [0.29, 0.717) is 13.2 Å². The summed E-state index contributed by atoms with van der Waals surface area (Å²) < 4.78 is 15.0. The molecule has 5 nitrogen and oxygen atoms in total. The van der Waals surface area contributed by atoms with Gasteiger partial charge in [0.05, 0.1) is 25.5 Å². The van der Waals surface area contributed by atoms with E-state index in [-0.39, 0.29) is 18.6 Å². The number of nitrogens with one attached hydrogen (secondary N) is 1. The Morgan fingerprint density at radius 2 is 2.38 bits per heavy atom. The van der Waals surface area contributed by atoms with Crippen LogP contribution in [0, 0.1) is 0 Å². The second-order valence-corrected chi connectivity index (χ2v) is 3.35. The Labute approximate surface area is 94.7 Å². The van der Waals surface area contributed by atoms with Crippen molar-refractivity contribution in [1.29, 1.82) is 0 Å². The fraction of sp³-hybridized carbons (Fsp3) is 0.545. The summed E-state index contributed by atoms with van der Waals surface area (Å²) in [5.41, 5.74) is 0. The summed E-state index contributed by atoms with van der Waals surface area (Å²) in [5, 5.41) is 2.76. The van der Waals surface area contributed by atoms with Crippen LogP contribution >= 0.6 is 0 Å². The number of ether oxygens (including phenoxy) is 2. The van der Waals surface area contributed by atoms with E-state index in [1.807, 2.05) is 13.0 Å². The van der Waals surface area contributed by atoms with Crippen molar-refractivity contribution in [1.82, 2.24) is 5.32 Å². The van der Waals surface area contributed by atoms with Crippen molar-refractivity contribution < 1.29 is 18.7 Å². The van der Waals surface area contributed by atoms with Gasteiger partial charge in [-0.05, 0) is 19.1 Å². The van der Waals surface area contributed by atoms with E-state index in [4.69, 9.17) is 13.9 Å². The van der Waals surface area contributed by atoms with Gasteiger partial charge in [-0.3, -0.25) is 4.79 Å². The average molecular weight is 227 g/mol. The van der Waals surface area contributed by atoms with Crippen molar-refractivity contribution in [2.45, 2.75) is 13.0 Å². The number of rotatable bonds is 7. The molecule has 1 aromatic rings. The molecule has 0 fully saturated rings. The van der Waals surface area contributed by atoms with Crippen LogP contribution in [0.25, 0.3) is 0 Å². The number of carbonyl (C=O) groups excluding carboxylic acids is 1. The van der Waals surface area contributed by atoms with Crippen LogP contribution < -0.4 is 5.32 Å². The van der Waals surface area contributed by atoms with Crippen LogP contribution in [0.5, 0.6) is 0 Å². The van der Waals surface area contributed by atoms with E-state index < -0.39 is 0 Å². The lowest BCUT2D eigenvalue weighted by molar-refractivity contribution is -0.126. The Balaban J connectivity index is 2.19. The van der Waals surface area contributed by atoms with Crippen LogP contribution in [0.2, 0.25) is 0 Å². The minimum atomic E-state index is -0.167. The predicted octanol–water partition coefficient (Wildman–Crippen LogP) is 1.12. The zero-order valence-corrected chi connectivity index (χ0v) is 9.56. The van der Waals surface area contributed by atoms with Crippen molar-refractivity contribution in [2.24, 2.45) is 0 Å². The van der Waals surface area contributed by atoms with Crippen molar-refractivity contribution in [3.05, 3.63) is 24.2 Å². The van der Waals surface area contributed by atoms with Crippen molar-refractivity contribution in [3.63, 3.8) is 0 Å². The third kappa shape index (κ3) is 4.46. The quantitative estimate of drug-likeness (QED) is 0.709. The largest absolute Gasteiger partial charge is 0.467 e. The van der Waals surface area contributed by atoms with Crippen LogP contribution in [0.15, 0.2) is 22.8 Å². The topological polar surface area (TPSA) is 60.7 Å². The van der Waals surface area contributed by atoms with Crippen molar-refractivity contribution in [2.75, 3.05) is 26.9 Å². The van der Waals surface area contributed by atoms with Gasteiger partial charge in [0.1, 0.15) is 12.4 Å². The molecule has 0 aliphatic carbocycles. The molecule has 1 heterocycles. The first-order valence-corrected chi connectivity index (χ1v) is 5.13. The van der Waals surface area contributed by atoms with E-state index in [1.165, 1.54) is 0 Å².